The van der Waals surface area contributed by atoms with Gasteiger partial charge in [-0.15, -0.1) is 0 Å². The van der Waals surface area contributed by atoms with Crippen LogP contribution in [0.3, 0.4) is 0 Å². The SMILES string of the molecule is CCC1CCCN(C(=O)c2cc(F)c(F)c(F)c2)CC1. The Morgan fingerprint density at radius 3 is 2.45 bits per heavy atom. The summed E-state index contributed by atoms with van der Waals surface area (Å²) in [4.78, 5) is 13.8. The van der Waals surface area contributed by atoms with Crippen LogP contribution in [0.25, 0.3) is 0 Å². The molecule has 1 aromatic carbocycles. The number of amides is 1. The topological polar surface area (TPSA) is 20.3 Å². The average Bonchev–Trinajstić information content (AvgIpc) is 2.68. The van der Waals surface area contributed by atoms with Gasteiger partial charge in [0.25, 0.3) is 5.91 Å². The van der Waals surface area contributed by atoms with E-state index in [4.69, 9.17) is 0 Å². The zero-order valence-corrected chi connectivity index (χ0v) is 11.5. The Morgan fingerprint density at radius 2 is 1.85 bits per heavy atom. The Kier molecular flexibility index (Phi) is 4.68. The Morgan fingerprint density at radius 1 is 1.20 bits per heavy atom. The molecular formula is C15H18F3NO. The lowest BCUT2D eigenvalue weighted by Crippen LogP contribution is -2.32. The van der Waals surface area contributed by atoms with Gasteiger partial charge in [-0.1, -0.05) is 13.3 Å². The van der Waals surface area contributed by atoms with Crippen LogP contribution in [0, 0.1) is 23.4 Å². The lowest BCUT2D eigenvalue weighted by Gasteiger charge is -2.20. The van der Waals surface area contributed by atoms with Crippen molar-refractivity contribution in [2.45, 2.75) is 32.6 Å². The number of benzene rings is 1. The first kappa shape index (κ1) is 14.9. The second kappa shape index (κ2) is 6.29. The summed E-state index contributed by atoms with van der Waals surface area (Å²) in [6, 6.07) is 1.53. The molecule has 2 rings (SSSR count). The highest BCUT2D eigenvalue weighted by atomic mass is 19.2. The van der Waals surface area contributed by atoms with E-state index < -0.39 is 23.4 Å². The molecule has 1 unspecified atom stereocenters. The van der Waals surface area contributed by atoms with E-state index >= 15 is 0 Å². The van der Waals surface area contributed by atoms with Crippen LogP contribution in [0.2, 0.25) is 0 Å². The van der Waals surface area contributed by atoms with Crippen LogP contribution in [-0.4, -0.2) is 23.9 Å². The number of rotatable bonds is 2. The van der Waals surface area contributed by atoms with Gasteiger partial charge in [-0.25, -0.2) is 13.2 Å². The number of halogens is 3. The molecule has 5 heteroatoms. The number of carbonyl (C=O) groups excluding carboxylic acids is 1. The summed E-state index contributed by atoms with van der Waals surface area (Å²) in [5.74, 6) is -4.03. The van der Waals surface area contributed by atoms with Crippen molar-refractivity contribution in [2.75, 3.05) is 13.1 Å². The lowest BCUT2D eigenvalue weighted by molar-refractivity contribution is 0.0758. The molecule has 1 amide bonds. The van der Waals surface area contributed by atoms with Crippen molar-refractivity contribution in [1.29, 1.82) is 0 Å². The molecule has 0 N–H and O–H groups in total. The molecule has 0 bridgehead atoms. The van der Waals surface area contributed by atoms with Crippen LogP contribution in [0.15, 0.2) is 12.1 Å². The van der Waals surface area contributed by atoms with E-state index in [-0.39, 0.29) is 5.56 Å². The first-order chi connectivity index (χ1) is 9.52. The van der Waals surface area contributed by atoms with Crippen molar-refractivity contribution in [3.8, 4) is 0 Å². The van der Waals surface area contributed by atoms with Crippen molar-refractivity contribution >= 4 is 5.91 Å². The molecule has 1 atom stereocenters. The van der Waals surface area contributed by atoms with Gasteiger partial charge >= 0.3 is 0 Å². The first-order valence-corrected chi connectivity index (χ1v) is 6.96. The lowest BCUT2D eigenvalue weighted by atomic mass is 9.98. The fraction of sp³-hybridized carbons (Fsp3) is 0.533. The number of likely N-dealkylation sites (tertiary alicyclic amines) is 1. The second-order valence-electron chi connectivity index (χ2n) is 5.25. The summed E-state index contributed by atoms with van der Waals surface area (Å²) >= 11 is 0. The van der Waals surface area contributed by atoms with E-state index in [0.717, 1.165) is 37.8 Å². The van der Waals surface area contributed by atoms with Gasteiger partial charge in [-0.2, -0.15) is 0 Å². The molecule has 1 aromatic rings. The minimum atomic E-state index is -1.54. The average molecular weight is 285 g/mol. The molecular weight excluding hydrogens is 267 g/mol. The fourth-order valence-electron chi connectivity index (χ4n) is 2.64. The Labute approximate surface area is 116 Å². The van der Waals surface area contributed by atoms with Gasteiger partial charge in [0.1, 0.15) is 0 Å². The van der Waals surface area contributed by atoms with Crippen LogP contribution in [0.5, 0.6) is 0 Å². The van der Waals surface area contributed by atoms with Crippen LogP contribution < -0.4 is 0 Å². The third-order valence-corrected chi connectivity index (χ3v) is 3.94. The van der Waals surface area contributed by atoms with Gasteiger partial charge in [-0.05, 0) is 37.3 Å². The van der Waals surface area contributed by atoms with E-state index in [2.05, 4.69) is 6.92 Å². The second-order valence-corrected chi connectivity index (χ2v) is 5.25. The number of hydrogen-bond acceptors (Lipinski definition) is 1. The molecule has 110 valence electrons. The number of hydrogen-bond donors (Lipinski definition) is 0. The first-order valence-electron chi connectivity index (χ1n) is 6.96. The summed E-state index contributed by atoms with van der Waals surface area (Å²) in [5, 5.41) is 0. The molecule has 1 fully saturated rings. The minimum Gasteiger partial charge on any atom is -0.339 e. The highest BCUT2D eigenvalue weighted by molar-refractivity contribution is 5.94. The maximum absolute atomic E-state index is 13.2. The third-order valence-electron chi connectivity index (χ3n) is 3.94. The largest absolute Gasteiger partial charge is 0.339 e. The molecule has 0 radical (unpaired) electrons. The maximum atomic E-state index is 13.2. The molecule has 2 nitrogen and oxygen atoms in total. The van der Waals surface area contributed by atoms with E-state index in [9.17, 15) is 18.0 Å². The predicted molar refractivity (Wildman–Crippen MR) is 69.9 cm³/mol. The normalized spacial score (nSPS) is 19.8. The van der Waals surface area contributed by atoms with E-state index in [1.807, 2.05) is 0 Å². The summed E-state index contributed by atoms with van der Waals surface area (Å²) in [7, 11) is 0. The van der Waals surface area contributed by atoms with Gasteiger partial charge in [0.15, 0.2) is 17.5 Å². The standard InChI is InChI=1S/C15H18F3NO/c1-2-10-4-3-6-19(7-5-10)15(20)11-8-12(16)14(18)13(17)9-11/h8-10H,2-7H2,1H3. The van der Waals surface area contributed by atoms with Crippen LogP contribution in [0.1, 0.15) is 43.0 Å². The Bertz CT molecular complexity index is 481. The molecule has 1 aliphatic heterocycles. The van der Waals surface area contributed by atoms with Crippen molar-refractivity contribution in [3.63, 3.8) is 0 Å². The van der Waals surface area contributed by atoms with Gasteiger partial charge < -0.3 is 4.90 Å². The minimum absolute atomic E-state index is 0.128. The van der Waals surface area contributed by atoms with E-state index in [0.29, 0.717) is 19.0 Å². The van der Waals surface area contributed by atoms with Crippen molar-refractivity contribution < 1.29 is 18.0 Å². The van der Waals surface area contributed by atoms with E-state index in [1.165, 1.54) is 0 Å². The van der Waals surface area contributed by atoms with Gasteiger partial charge in [0.2, 0.25) is 0 Å². The molecule has 20 heavy (non-hydrogen) atoms. The highest BCUT2D eigenvalue weighted by Gasteiger charge is 2.23. The number of carbonyl (C=O) groups is 1. The van der Waals surface area contributed by atoms with Crippen LogP contribution >= 0.6 is 0 Å². The van der Waals surface area contributed by atoms with Gasteiger partial charge in [-0.3, -0.25) is 4.79 Å². The Balaban J connectivity index is 2.15. The molecule has 0 spiro atoms. The van der Waals surface area contributed by atoms with Crippen molar-refractivity contribution in [3.05, 3.63) is 35.1 Å². The van der Waals surface area contributed by atoms with Crippen molar-refractivity contribution in [1.82, 2.24) is 4.90 Å². The maximum Gasteiger partial charge on any atom is 0.254 e. The highest BCUT2D eigenvalue weighted by Crippen LogP contribution is 2.22. The smallest absolute Gasteiger partial charge is 0.254 e. The third kappa shape index (κ3) is 3.14. The summed E-state index contributed by atoms with van der Waals surface area (Å²) in [6.45, 7) is 3.28. The molecule has 1 aliphatic rings. The van der Waals surface area contributed by atoms with Gasteiger partial charge in [0.05, 0.1) is 0 Å². The van der Waals surface area contributed by atoms with Gasteiger partial charge in [0, 0.05) is 18.7 Å². The molecule has 1 heterocycles. The fourth-order valence-corrected chi connectivity index (χ4v) is 2.64. The number of nitrogens with zero attached hydrogens (tertiary/aromatic N) is 1. The Hall–Kier alpha value is -1.52. The zero-order chi connectivity index (χ0) is 14.7. The molecule has 0 saturated carbocycles. The molecule has 0 aromatic heterocycles. The van der Waals surface area contributed by atoms with Crippen molar-refractivity contribution in [2.24, 2.45) is 5.92 Å². The summed E-state index contributed by atoms with van der Waals surface area (Å²) in [5.41, 5.74) is -0.128. The predicted octanol–water partition coefficient (Wildman–Crippen LogP) is 3.76. The summed E-state index contributed by atoms with van der Waals surface area (Å²) in [6.07, 6.45) is 3.92. The monoisotopic (exact) mass is 285 g/mol. The zero-order valence-electron chi connectivity index (χ0n) is 11.5. The van der Waals surface area contributed by atoms with Crippen LogP contribution in [0.4, 0.5) is 13.2 Å². The van der Waals surface area contributed by atoms with Crippen LogP contribution in [-0.2, 0) is 0 Å². The molecule has 1 saturated heterocycles. The summed E-state index contributed by atoms with van der Waals surface area (Å²) < 4.78 is 39.3. The van der Waals surface area contributed by atoms with E-state index in [1.54, 1.807) is 4.90 Å². The quantitative estimate of drug-likeness (QED) is 0.758. The molecule has 0 aliphatic carbocycles.